The first-order valence-corrected chi connectivity index (χ1v) is 14.2. The highest BCUT2D eigenvalue weighted by atomic mass is 35.5. The van der Waals surface area contributed by atoms with Crippen molar-refractivity contribution in [3.05, 3.63) is 63.3 Å². The Kier molecular flexibility index (Phi) is 7.01. The van der Waals surface area contributed by atoms with Gasteiger partial charge < -0.3 is 14.2 Å². The molecular weight excluding hydrogens is 545 g/mol. The third kappa shape index (κ3) is 4.65. The van der Waals surface area contributed by atoms with Crippen molar-refractivity contribution in [2.24, 2.45) is 5.92 Å². The van der Waals surface area contributed by atoms with E-state index in [-0.39, 0.29) is 12.3 Å². The molecule has 1 saturated heterocycles. The smallest absolute Gasteiger partial charge is 0.373 e. The molecule has 3 atom stereocenters. The molecule has 3 unspecified atom stereocenters. The SMILES string of the molecule is Cc1cccc2sc(N3CC4CC3CC4OCc3c(-c4c(Cl)cccc4Cl)noc3C3CC3)nc12.O=C=O. The normalized spacial score (nSPS) is 22.0. The summed E-state index contributed by atoms with van der Waals surface area (Å²) in [7, 11) is 0. The van der Waals surface area contributed by atoms with Gasteiger partial charge in [-0.1, -0.05) is 57.9 Å². The van der Waals surface area contributed by atoms with Gasteiger partial charge in [0.05, 0.1) is 33.0 Å². The quantitative estimate of drug-likeness (QED) is 0.246. The first kappa shape index (κ1) is 25.5. The molecule has 0 amide bonds. The fourth-order valence-corrected chi connectivity index (χ4v) is 7.48. The topological polar surface area (TPSA) is 85.5 Å². The molecule has 7 rings (SSSR count). The van der Waals surface area contributed by atoms with Crippen LogP contribution in [0.2, 0.25) is 10.0 Å². The van der Waals surface area contributed by atoms with Crippen molar-refractivity contribution in [2.45, 2.75) is 57.3 Å². The molecule has 1 aliphatic heterocycles. The van der Waals surface area contributed by atoms with Gasteiger partial charge in [0.1, 0.15) is 11.5 Å². The zero-order valence-corrected chi connectivity index (χ0v) is 23.0. The minimum Gasteiger partial charge on any atom is -0.373 e. The van der Waals surface area contributed by atoms with Crippen molar-refractivity contribution in [3.63, 3.8) is 0 Å². The number of halogens is 2. The minimum atomic E-state index is 0.226. The highest BCUT2D eigenvalue weighted by Gasteiger charge is 2.46. The summed E-state index contributed by atoms with van der Waals surface area (Å²) >= 11 is 14.8. The average Bonchev–Trinajstić information content (AvgIpc) is 3.23. The van der Waals surface area contributed by atoms with E-state index in [2.05, 4.69) is 35.2 Å². The molecule has 196 valence electrons. The van der Waals surface area contributed by atoms with E-state index in [1.54, 1.807) is 11.3 Å². The number of benzene rings is 2. The largest absolute Gasteiger partial charge is 0.373 e. The molecule has 0 spiro atoms. The highest BCUT2D eigenvalue weighted by Crippen LogP contribution is 2.48. The van der Waals surface area contributed by atoms with Crippen LogP contribution >= 0.6 is 34.5 Å². The van der Waals surface area contributed by atoms with Gasteiger partial charge >= 0.3 is 6.15 Å². The Bertz CT molecular complexity index is 1510. The standard InChI is InChI=1S/C27H25Cl2N3O2S.CO2/c1-14-4-2-7-22-24(14)30-27(35-22)32-12-16-10-17(32)11-21(16)33-13-18-25(31-34-26(18)15-8-9-15)23-19(28)5-3-6-20(23)29;2-1-3/h2-7,15-17,21H,8-13H2,1H3;. The van der Waals surface area contributed by atoms with Gasteiger partial charge in [0, 0.05) is 35.5 Å². The van der Waals surface area contributed by atoms with E-state index < -0.39 is 0 Å². The molecular formula is C28H25Cl2N3O4S. The van der Waals surface area contributed by atoms with Gasteiger partial charge in [0.2, 0.25) is 0 Å². The molecule has 3 aliphatic rings. The number of hydrogen-bond donors (Lipinski definition) is 0. The number of rotatable bonds is 6. The van der Waals surface area contributed by atoms with E-state index in [1.807, 2.05) is 18.2 Å². The van der Waals surface area contributed by atoms with Crippen LogP contribution in [-0.2, 0) is 20.9 Å². The maximum absolute atomic E-state index is 8.12. The summed E-state index contributed by atoms with van der Waals surface area (Å²) < 4.78 is 13.7. The van der Waals surface area contributed by atoms with Crippen LogP contribution in [0.5, 0.6) is 0 Å². The van der Waals surface area contributed by atoms with Crippen LogP contribution in [0.1, 0.15) is 48.5 Å². The van der Waals surface area contributed by atoms with Gasteiger partial charge in [-0.2, -0.15) is 9.59 Å². The van der Waals surface area contributed by atoms with Gasteiger partial charge in [0.25, 0.3) is 0 Å². The number of para-hydroxylation sites is 1. The molecule has 0 N–H and O–H groups in total. The fraction of sp³-hybridized carbons (Fsp3) is 0.393. The van der Waals surface area contributed by atoms with Crippen molar-refractivity contribution in [2.75, 3.05) is 11.4 Å². The number of nitrogens with zero attached hydrogens (tertiary/aromatic N) is 3. The Morgan fingerprint density at radius 2 is 1.87 bits per heavy atom. The predicted octanol–water partition coefficient (Wildman–Crippen LogP) is 7.04. The Balaban J connectivity index is 0.000000843. The molecule has 2 aromatic heterocycles. The van der Waals surface area contributed by atoms with Crippen LogP contribution in [0.15, 0.2) is 40.9 Å². The van der Waals surface area contributed by atoms with Crippen LogP contribution in [0, 0.1) is 12.8 Å². The van der Waals surface area contributed by atoms with Crippen LogP contribution in [0.3, 0.4) is 0 Å². The molecule has 38 heavy (non-hydrogen) atoms. The molecule has 2 saturated carbocycles. The molecule has 2 bridgehead atoms. The minimum absolute atomic E-state index is 0.226. The molecule has 3 heterocycles. The number of anilines is 1. The lowest BCUT2D eigenvalue weighted by Crippen LogP contribution is -2.38. The summed E-state index contributed by atoms with van der Waals surface area (Å²) in [4.78, 5) is 23.7. The summed E-state index contributed by atoms with van der Waals surface area (Å²) in [5.74, 6) is 1.87. The fourth-order valence-electron chi connectivity index (χ4n) is 5.78. The molecule has 4 aromatic rings. The van der Waals surface area contributed by atoms with E-state index in [0.717, 1.165) is 65.5 Å². The molecule has 0 radical (unpaired) electrons. The lowest BCUT2D eigenvalue weighted by molar-refractivity contribution is -0.191. The van der Waals surface area contributed by atoms with Gasteiger partial charge in [0.15, 0.2) is 5.13 Å². The molecule has 2 aliphatic carbocycles. The number of aromatic nitrogens is 2. The predicted molar refractivity (Wildman–Crippen MR) is 146 cm³/mol. The molecule has 2 aromatic carbocycles. The summed E-state index contributed by atoms with van der Waals surface area (Å²) in [6.07, 6.45) is 4.91. The Hall–Kier alpha value is -2.74. The van der Waals surface area contributed by atoms with Crippen molar-refractivity contribution < 1.29 is 18.8 Å². The zero-order valence-electron chi connectivity index (χ0n) is 20.7. The highest BCUT2D eigenvalue weighted by molar-refractivity contribution is 7.22. The number of thiazole rings is 1. The van der Waals surface area contributed by atoms with Crippen molar-refractivity contribution >= 4 is 56.0 Å². The van der Waals surface area contributed by atoms with Crippen molar-refractivity contribution in [3.8, 4) is 11.3 Å². The van der Waals surface area contributed by atoms with Crippen LogP contribution in [-0.4, -0.2) is 35.0 Å². The molecule has 10 heteroatoms. The van der Waals surface area contributed by atoms with Crippen LogP contribution < -0.4 is 4.90 Å². The third-order valence-electron chi connectivity index (χ3n) is 7.74. The number of fused-ring (bicyclic) bond motifs is 3. The van der Waals surface area contributed by atoms with Crippen LogP contribution in [0.4, 0.5) is 5.13 Å². The third-order valence-corrected chi connectivity index (χ3v) is 9.43. The maximum Gasteiger partial charge on any atom is 0.373 e. The summed E-state index contributed by atoms with van der Waals surface area (Å²) in [6.45, 7) is 3.60. The summed E-state index contributed by atoms with van der Waals surface area (Å²) in [6, 6.07) is 12.4. The second kappa shape index (κ2) is 10.4. The maximum atomic E-state index is 8.12. The summed E-state index contributed by atoms with van der Waals surface area (Å²) in [5.41, 5.74) is 4.83. The number of ether oxygens (including phenoxy) is 1. The first-order chi connectivity index (χ1) is 18.5. The van der Waals surface area contributed by atoms with Crippen molar-refractivity contribution in [1.82, 2.24) is 10.1 Å². The van der Waals surface area contributed by atoms with E-state index in [1.165, 1.54) is 10.3 Å². The summed E-state index contributed by atoms with van der Waals surface area (Å²) in [5, 5.41) is 6.71. The lowest BCUT2D eigenvalue weighted by Gasteiger charge is -2.31. The van der Waals surface area contributed by atoms with E-state index in [0.29, 0.717) is 34.5 Å². The number of carbonyl (C=O) groups excluding carboxylic acids is 2. The second-order valence-corrected chi connectivity index (χ2v) is 12.0. The van der Waals surface area contributed by atoms with Crippen LogP contribution in [0.25, 0.3) is 21.5 Å². The van der Waals surface area contributed by atoms with Gasteiger partial charge in [-0.05, 0) is 56.4 Å². The molecule has 3 fully saturated rings. The van der Waals surface area contributed by atoms with E-state index in [4.69, 9.17) is 47.0 Å². The Morgan fingerprint density at radius 3 is 2.53 bits per heavy atom. The Morgan fingerprint density at radius 1 is 1.13 bits per heavy atom. The zero-order chi connectivity index (χ0) is 26.4. The number of aryl methyl sites for hydroxylation is 1. The van der Waals surface area contributed by atoms with Gasteiger partial charge in [-0.15, -0.1) is 0 Å². The number of hydrogen-bond acceptors (Lipinski definition) is 8. The van der Waals surface area contributed by atoms with Gasteiger partial charge in [-0.3, -0.25) is 0 Å². The molecule has 7 nitrogen and oxygen atoms in total. The second-order valence-electron chi connectivity index (χ2n) is 10.1. The number of piperidine rings is 1. The van der Waals surface area contributed by atoms with Gasteiger partial charge in [-0.25, -0.2) is 4.98 Å². The van der Waals surface area contributed by atoms with E-state index >= 15 is 0 Å². The lowest BCUT2D eigenvalue weighted by atomic mass is 10.0. The van der Waals surface area contributed by atoms with Crippen molar-refractivity contribution in [1.29, 1.82) is 0 Å². The van der Waals surface area contributed by atoms with E-state index in [9.17, 15) is 0 Å². The average molecular weight is 570 g/mol. The monoisotopic (exact) mass is 569 g/mol. The Labute approximate surface area is 233 Å². The first-order valence-electron chi connectivity index (χ1n) is 12.6.